The Morgan fingerprint density at radius 3 is 2.29 bits per heavy atom. The van der Waals surface area contributed by atoms with Gasteiger partial charge < -0.3 is 34.3 Å². The smallest absolute Gasteiger partial charge is 0.349 e. The number of phenolic OH excluding ortho intramolecular Hbond substituents is 2. The Hall–Kier alpha value is -6.19. The summed E-state index contributed by atoms with van der Waals surface area (Å²) in [5.74, 6) is -0.283. The summed E-state index contributed by atoms with van der Waals surface area (Å²) in [6.07, 6.45) is 0. The molecule has 13 nitrogen and oxygen atoms in total. The summed E-state index contributed by atoms with van der Waals surface area (Å²) >= 11 is 3.04. The second kappa shape index (κ2) is 13.7. The first-order valence-corrected chi connectivity index (χ1v) is 20.4. The third-order valence-electron chi connectivity index (χ3n) is 11.1. The maximum atomic E-state index is 13.6. The Bertz CT molecular complexity index is 2710. The molecule has 4 aromatic carbocycles. The van der Waals surface area contributed by atoms with E-state index < -0.39 is 35.1 Å². The molecule has 2 atom stereocenters. The molecule has 1 aromatic heterocycles. The van der Waals surface area contributed by atoms with E-state index in [1.807, 2.05) is 39.0 Å². The molecular formula is C43H35N3O10S2. The molecule has 15 heteroatoms. The number of fused-ring (bicyclic) bond motifs is 8. The number of rotatable bonds is 7. The number of thioether (sulfide) groups is 2. The normalized spacial score (nSPS) is 18.4. The summed E-state index contributed by atoms with van der Waals surface area (Å²) in [5.41, 5.74) is 3.87. The van der Waals surface area contributed by atoms with Crippen LogP contribution in [0, 0.1) is 13.8 Å². The number of hydrogen-bond donors (Lipinski definition) is 3. The number of hydrogen-bond acceptors (Lipinski definition) is 12. The van der Waals surface area contributed by atoms with Crippen LogP contribution in [0.25, 0.3) is 11.0 Å². The predicted molar refractivity (Wildman–Crippen MR) is 215 cm³/mol. The molecule has 5 aromatic rings. The highest BCUT2D eigenvalue weighted by Crippen LogP contribution is 2.57. The molecule has 0 radical (unpaired) electrons. The minimum absolute atomic E-state index is 0.0251. The van der Waals surface area contributed by atoms with Crippen LogP contribution >= 0.6 is 23.5 Å². The quantitative estimate of drug-likeness (QED) is 0.0766. The van der Waals surface area contributed by atoms with Crippen molar-refractivity contribution in [1.29, 1.82) is 0 Å². The van der Waals surface area contributed by atoms with Gasteiger partial charge in [0.1, 0.15) is 45.6 Å². The number of allylic oxidation sites excluding steroid dienone is 1. The number of carbonyl (C=O) groups is 4. The highest BCUT2D eigenvalue weighted by atomic mass is 32.2. The van der Waals surface area contributed by atoms with Crippen molar-refractivity contribution in [3.8, 4) is 23.0 Å². The number of amides is 3. The number of nitrogens with zero attached hydrogens (tertiary/aromatic N) is 2. The number of carbonyl (C=O) groups excluding carboxylic acids is 4. The lowest BCUT2D eigenvalue weighted by molar-refractivity contribution is -0.146. The lowest BCUT2D eigenvalue weighted by Gasteiger charge is -2.50. The Labute approximate surface area is 339 Å². The van der Waals surface area contributed by atoms with Crippen molar-refractivity contribution in [2.75, 3.05) is 25.1 Å². The summed E-state index contributed by atoms with van der Waals surface area (Å²) in [6.45, 7) is 5.33. The monoisotopic (exact) mass is 817 g/mol. The molecule has 4 aliphatic rings. The van der Waals surface area contributed by atoms with Crippen molar-refractivity contribution in [2.24, 2.45) is 0 Å². The molecule has 294 valence electrons. The third-order valence-corrected chi connectivity index (χ3v) is 13.5. The minimum atomic E-state index is -1.35. The van der Waals surface area contributed by atoms with Gasteiger partial charge in [0, 0.05) is 63.4 Å². The fraction of sp³-hybridized carbons (Fsp3) is 0.233. The van der Waals surface area contributed by atoms with E-state index in [1.165, 1.54) is 60.9 Å². The zero-order chi connectivity index (χ0) is 40.8. The number of aromatic hydroxyl groups is 2. The molecule has 5 heterocycles. The van der Waals surface area contributed by atoms with E-state index in [9.17, 15) is 34.2 Å². The number of β-lactam (4-membered cyclic amide) rings is 1. The summed E-state index contributed by atoms with van der Waals surface area (Å²) in [6, 6.07) is 19.1. The number of esters is 1. The van der Waals surface area contributed by atoms with Crippen LogP contribution in [0.3, 0.4) is 0 Å². The Kier molecular flexibility index (Phi) is 8.85. The number of benzene rings is 4. The standard InChI is InChI=1S/C43H35N3O10S2/c1-20-11-23-13-29(41(52)55-33(23)12-21(20)2)38(50)45(4)17-36(49)44-37-39(51)46-22(3)24(19-58-40(37)46)18-57-27-7-10-30-28(16-27)42(53)56-43(30)31-8-5-25(47)14-34(31)54-35-15-26(48)6-9-32(35)43/h5-16,37,40,47-48H,17-19H2,1-4H3,(H,44,49). The van der Waals surface area contributed by atoms with Crippen LogP contribution in [-0.2, 0) is 19.9 Å². The molecule has 0 saturated carbocycles. The lowest BCUT2D eigenvalue weighted by atomic mass is 9.77. The van der Waals surface area contributed by atoms with Crippen molar-refractivity contribution in [3.05, 3.63) is 133 Å². The molecule has 0 aliphatic carbocycles. The van der Waals surface area contributed by atoms with Gasteiger partial charge in [-0.15, -0.1) is 23.5 Å². The van der Waals surface area contributed by atoms with Gasteiger partial charge in [-0.1, -0.05) is 6.07 Å². The fourth-order valence-electron chi connectivity index (χ4n) is 7.92. The fourth-order valence-corrected chi connectivity index (χ4v) is 10.5. The highest BCUT2D eigenvalue weighted by molar-refractivity contribution is 8.01. The van der Waals surface area contributed by atoms with Crippen molar-refractivity contribution >= 4 is 58.2 Å². The summed E-state index contributed by atoms with van der Waals surface area (Å²) in [5, 5.41) is 23.5. The largest absolute Gasteiger partial charge is 0.508 e. The maximum absolute atomic E-state index is 13.6. The van der Waals surface area contributed by atoms with Gasteiger partial charge in [0.2, 0.25) is 5.91 Å². The van der Waals surface area contributed by atoms with Crippen LogP contribution in [0.15, 0.2) is 98.2 Å². The van der Waals surface area contributed by atoms with Gasteiger partial charge in [-0.25, -0.2) is 9.59 Å². The Balaban J connectivity index is 0.864. The highest BCUT2D eigenvalue weighted by Gasteiger charge is 2.54. The predicted octanol–water partition coefficient (Wildman–Crippen LogP) is 5.93. The van der Waals surface area contributed by atoms with Crippen LogP contribution < -0.4 is 15.7 Å². The third kappa shape index (κ3) is 5.90. The van der Waals surface area contributed by atoms with E-state index in [-0.39, 0.29) is 34.9 Å². The number of phenols is 2. The first-order valence-electron chi connectivity index (χ1n) is 18.3. The van der Waals surface area contributed by atoms with Gasteiger partial charge in [-0.05, 0) is 92.1 Å². The number of aryl methyl sites for hydroxylation is 2. The first-order chi connectivity index (χ1) is 27.7. The Morgan fingerprint density at radius 2 is 1.59 bits per heavy atom. The second-order valence-electron chi connectivity index (χ2n) is 14.8. The first kappa shape index (κ1) is 37.4. The topological polar surface area (TPSA) is 176 Å². The minimum Gasteiger partial charge on any atom is -0.508 e. The Morgan fingerprint density at radius 1 is 0.914 bits per heavy atom. The van der Waals surface area contributed by atoms with E-state index in [4.69, 9.17) is 13.9 Å². The average molecular weight is 818 g/mol. The van der Waals surface area contributed by atoms with Crippen LogP contribution in [0.2, 0.25) is 0 Å². The molecular weight excluding hydrogens is 783 g/mol. The zero-order valence-corrected chi connectivity index (χ0v) is 33.2. The number of ether oxygens (including phenoxy) is 2. The summed E-state index contributed by atoms with van der Waals surface area (Å²) in [7, 11) is 1.41. The lowest BCUT2D eigenvalue weighted by Crippen LogP contribution is -2.70. The van der Waals surface area contributed by atoms with Crippen LogP contribution in [-0.4, -0.2) is 80.2 Å². The SMILES string of the molecule is CC1=C(CSc2ccc3c(c2)C(=O)OC32c3ccc(O)cc3Oc3cc(O)ccc32)CSC2C(NC(=O)CN(C)C(=O)c3cc4cc(C)c(C)cc4oc3=O)C(=O)N12. The van der Waals surface area contributed by atoms with Crippen LogP contribution in [0.5, 0.6) is 23.0 Å². The number of likely N-dealkylation sites (N-methyl/N-ethyl adjacent to an activating group) is 1. The van der Waals surface area contributed by atoms with Gasteiger partial charge in [0.05, 0.1) is 12.1 Å². The molecule has 1 fully saturated rings. The number of nitrogens with one attached hydrogen (secondary N) is 1. The molecule has 0 bridgehead atoms. The summed E-state index contributed by atoms with van der Waals surface area (Å²) < 4.78 is 17.6. The van der Waals surface area contributed by atoms with Crippen molar-refractivity contribution < 1.29 is 43.3 Å². The molecule has 4 aliphatic heterocycles. The van der Waals surface area contributed by atoms with E-state index >= 15 is 0 Å². The van der Waals surface area contributed by atoms with E-state index in [0.29, 0.717) is 56.2 Å². The molecule has 3 N–H and O–H groups in total. The van der Waals surface area contributed by atoms with Gasteiger partial charge in [-0.3, -0.25) is 19.3 Å². The van der Waals surface area contributed by atoms with Crippen molar-refractivity contribution in [3.63, 3.8) is 0 Å². The molecule has 1 saturated heterocycles. The maximum Gasteiger partial charge on any atom is 0.349 e. The van der Waals surface area contributed by atoms with Gasteiger partial charge in [-0.2, -0.15) is 0 Å². The molecule has 58 heavy (non-hydrogen) atoms. The summed E-state index contributed by atoms with van der Waals surface area (Å²) in [4.78, 5) is 69.5. The second-order valence-corrected chi connectivity index (χ2v) is 16.9. The molecule has 1 spiro atoms. The van der Waals surface area contributed by atoms with Crippen LogP contribution in [0.4, 0.5) is 0 Å². The van der Waals surface area contributed by atoms with E-state index in [0.717, 1.165) is 32.2 Å². The zero-order valence-electron chi connectivity index (χ0n) is 31.6. The van der Waals surface area contributed by atoms with Crippen LogP contribution in [0.1, 0.15) is 55.5 Å². The van der Waals surface area contributed by atoms with Crippen molar-refractivity contribution in [1.82, 2.24) is 15.1 Å². The van der Waals surface area contributed by atoms with Crippen molar-refractivity contribution in [2.45, 2.75) is 42.7 Å². The van der Waals surface area contributed by atoms with Gasteiger partial charge in [0.15, 0.2) is 5.60 Å². The van der Waals surface area contributed by atoms with Gasteiger partial charge in [0.25, 0.3) is 11.8 Å². The molecule has 3 amide bonds. The van der Waals surface area contributed by atoms with E-state index in [2.05, 4.69) is 5.32 Å². The van der Waals surface area contributed by atoms with E-state index in [1.54, 1.807) is 29.2 Å². The van der Waals surface area contributed by atoms with Gasteiger partial charge >= 0.3 is 11.6 Å². The molecule has 9 rings (SSSR count). The molecule has 2 unspecified atom stereocenters. The average Bonchev–Trinajstić information content (AvgIpc) is 3.47.